The van der Waals surface area contributed by atoms with Gasteiger partial charge in [0.15, 0.2) is 6.61 Å². The van der Waals surface area contributed by atoms with Gasteiger partial charge in [0, 0.05) is 19.7 Å². The molecule has 0 spiro atoms. The molecule has 116 valence electrons. The average molecular weight is 306 g/mol. The maximum Gasteiger partial charge on any atom is 0.422 e. The van der Waals surface area contributed by atoms with Crippen LogP contribution in [0, 0.1) is 0 Å². The highest BCUT2D eigenvalue weighted by atomic mass is 19.4. The molecule has 0 aliphatic rings. The Kier molecular flexibility index (Phi) is 5.51. The molecule has 21 heavy (non-hydrogen) atoms. The number of alkyl halides is 3. The van der Waals surface area contributed by atoms with Crippen molar-refractivity contribution in [2.45, 2.75) is 12.6 Å². The van der Waals surface area contributed by atoms with Crippen molar-refractivity contribution in [2.24, 2.45) is 0 Å². The number of aliphatic carboxylic acids is 1. The minimum atomic E-state index is -4.50. The van der Waals surface area contributed by atoms with Crippen LogP contribution in [0.15, 0.2) is 18.2 Å². The molecule has 9 heteroatoms. The highest BCUT2D eigenvalue weighted by Gasteiger charge is 2.28. The number of carboxylic acids is 1. The number of hydrogen-bond donors (Lipinski definition) is 1. The fraction of sp³-hybridized carbons (Fsp3) is 0.417. The van der Waals surface area contributed by atoms with E-state index in [0.717, 1.165) is 4.90 Å². The first-order valence-corrected chi connectivity index (χ1v) is 5.83. The third-order valence-corrected chi connectivity index (χ3v) is 2.33. The van der Waals surface area contributed by atoms with Crippen molar-refractivity contribution in [3.63, 3.8) is 0 Å². The number of ether oxygens (including phenoxy) is 1. The van der Waals surface area contributed by atoms with E-state index in [9.17, 15) is 22.8 Å². The SMILES string of the molecule is CN(CCC(=O)O)C(=O)c1cccc(OCC(F)(F)F)n1. The highest BCUT2D eigenvalue weighted by molar-refractivity contribution is 5.92. The zero-order valence-electron chi connectivity index (χ0n) is 11.1. The summed E-state index contributed by atoms with van der Waals surface area (Å²) < 4.78 is 40.5. The van der Waals surface area contributed by atoms with Gasteiger partial charge in [-0.1, -0.05) is 6.07 Å². The van der Waals surface area contributed by atoms with Crippen molar-refractivity contribution in [1.82, 2.24) is 9.88 Å². The second-order valence-corrected chi connectivity index (χ2v) is 4.14. The van der Waals surface area contributed by atoms with Gasteiger partial charge in [-0.2, -0.15) is 13.2 Å². The van der Waals surface area contributed by atoms with Gasteiger partial charge < -0.3 is 14.7 Å². The Bertz CT molecular complexity index is 519. The molecule has 1 heterocycles. The van der Waals surface area contributed by atoms with Gasteiger partial charge in [0.1, 0.15) is 5.69 Å². The number of rotatable bonds is 6. The molecule has 1 aromatic rings. The topological polar surface area (TPSA) is 79.7 Å². The molecule has 1 N–H and O–H groups in total. The second kappa shape index (κ2) is 6.91. The van der Waals surface area contributed by atoms with Crippen LogP contribution in [0.25, 0.3) is 0 Å². The lowest BCUT2D eigenvalue weighted by molar-refractivity contribution is -0.154. The summed E-state index contributed by atoms with van der Waals surface area (Å²) in [5, 5.41) is 8.52. The standard InChI is InChI=1S/C12H13F3N2O4/c1-17(6-5-10(18)19)11(20)8-3-2-4-9(16-8)21-7-12(13,14)15/h2-4H,5-7H2,1H3,(H,18,19). The first-order valence-electron chi connectivity index (χ1n) is 5.83. The van der Waals surface area contributed by atoms with Crippen LogP contribution in [0.1, 0.15) is 16.9 Å². The maximum absolute atomic E-state index is 12.0. The number of halogens is 3. The summed E-state index contributed by atoms with van der Waals surface area (Å²) >= 11 is 0. The summed E-state index contributed by atoms with van der Waals surface area (Å²) in [6, 6.07) is 3.83. The van der Waals surface area contributed by atoms with Crippen molar-refractivity contribution in [3.05, 3.63) is 23.9 Å². The molecule has 0 fully saturated rings. The quantitative estimate of drug-likeness (QED) is 0.863. The van der Waals surface area contributed by atoms with Crippen LogP contribution in [0.4, 0.5) is 13.2 Å². The normalized spacial score (nSPS) is 11.0. The average Bonchev–Trinajstić information content (AvgIpc) is 2.41. The maximum atomic E-state index is 12.0. The van der Waals surface area contributed by atoms with Gasteiger partial charge in [0.25, 0.3) is 5.91 Å². The molecule has 0 atom stereocenters. The predicted octanol–water partition coefficient (Wildman–Crippen LogP) is 1.57. The zero-order valence-corrected chi connectivity index (χ0v) is 11.1. The molecule has 1 amide bonds. The molecule has 0 aliphatic heterocycles. The number of amides is 1. The van der Waals surface area contributed by atoms with Gasteiger partial charge in [0.2, 0.25) is 5.88 Å². The number of pyridine rings is 1. The van der Waals surface area contributed by atoms with E-state index in [0.29, 0.717) is 0 Å². The molecule has 0 saturated heterocycles. The van der Waals surface area contributed by atoms with Gasteiger partial charge in [-0.25, -0.2) is 4.98 Å². The molecule has 0 bridgehead atoms. The summed E-state index contributed by atoms with van der Waals surface area (Å²) in [6.07, 6.45) is -4.74. The Morgan fingerprint density at radius 1 is 1.38 bits per heavy atom. The first kappa shape index (κ1) is 16.7. The van der Waals surface area contributed by atoms with Crippen molar-refractivity contribution in [3.8, 4) is 5.88 Å². The molecular weight excluding hydrogens is 293 g/mol. The Morgan fingerprint density at radius 2 is 2.05 bits per heavy atom. The van der Waals surface area contributed by atoms with Crippen molar-refractivity contribution in [1.29, 1.82) is 0 Å². The minimum absolute atomic E-state index is 0.0382. The number of nitrogens with zero attached hydrogens (tertiary/aromatic N) is 2. The minimum Gasteiger partial charge on any atom is -0.481 e. The van der Waals surface area contributed by atoms with E-state index in [1.165, 1.54) is 25.2 Å². The molecule has 0 aromatic carbocycles. The van der Waals surface area contributed by atoms with E-state index in [-0.39, 0.29) is 24.5 Å². The molecular formula is C12H13F3N2O4. The largest absolute Gasteiger partial charge is 0.481 e. The Hall–Kier alpha value is -2.32. The van der Waals surface area contributed by atoms with Crippen LogP contribution in [-0.4, -0.2) is 53.2 Å². The molecule has 0 radical (unpaired) electrons. The van der Waals surface area contributed by atoms with Crippen LogP contribution in [0.3, 0.4) is 0 Å². The number of hydrogen-bond acceptors (Lipinski definition) is 4. The number of aromatic nitrogens is 1. The van der Waals surface area contributed by atoms with Crippen LogP contribution in [0.5, 0.6) is 5.88 Å². The Labute approximate surface area is 118 Å². The molecule has 0 unspecified atom stereocenters. The van der Waals surface area contributed by atoms with Gasteiger partial charge in [0.05, 0.1) is 6.42 Å². The Morgan fingerprint density at radius 3 is 2.62 bits per heavy atom. The lowest BCUT2D eigenvalue weighted by Crippen LogP contribution is -2.29. The van der Waals surface area contributed by atoms with Crippen LogP contribution in [0.2, 0.25) is 0 Å². The number of carbonyl (C=O) groups is 2. The zero-order chi connectivity index (χ0) is 16.0. The van der Waals surface area contributed by atoms with E-state index in [1.54, 1.807) is 0 Å². The van der Waals surface area contributed by atoms with E-state index in [2.05, 4.69) is 9.72 Å². The third-order valence-electron chi connectivity index (χ3n) is 2.33. The summed E-state index contributed by atoms with van der Waals surface area (Å²) in [7, 11) is 1.37. The molecule has 1 aromatic heterocycles. The molecule has 1 rings (SSSR count). The Balaban J connectivity index is 2.70. The van der Waals surface area contributed by atoms with Crippen molar-refractivity contribution in [2.75, 3.05) is 20.2 Å². The van der Waals surface area contributed by atoms with E-state index >= 15 is 0 Å². The summed E-state index contributed by atoms with van der Waals surface area (Å²) in [5.41, 5.74) is -0.123. The van der Waals surface area contributed by atoms with Crippen LogP contribution >= 0.6 is 0 Å². The summed E-state index contributed by atoms with van der Waals surface area (Å²) in [5.74, 6) is -2.00. The number of carbonyl (C=O) groups excluding carboxylic acids is 1. The monoisotopic (exact) mass is 306 g/mol. The van der Waals surface area contributed by atoms with Gasteiger partial charge in [-0.3, -0.25) is 9.59 Å². The third kappa shape index (κ3) is 6.11. The fourth-order valence-corrected chi connectivity index (χ4v) is 1.33. The number of carboxylic acid groups (broad SMARTS) is 1. The van der Waals surface area contributed by atoms with E-state index in [4.69, 9.17) is 5.11 Å². The van der Waals surface area contributed by atoms with Gasteiger partial charge in [-0.15, -0.1) is 0 Å². The van der Waals surface area contributed by atoms with Crippen molar-refractivity contribution < 1.29 is 32.6 Å². The van der Waals surface area contributed by atoms with E-state index in [1.807, 2.05) is 0 Å². The summed E-state index contributed by atoms with van der Waals surface area (Å²) in [4.78, 5) is 27.1. The highest BCUT2D eigenvalue weighted by Crippen LogP contribution is 2.17. The van der Waals surface area contributed by atoms with Gasteiger partial charge >= 0.3 is 12.1 Å². The summed E-state index contributed by atoms with van der Waals surface area (Å²) in [6.45, 7) is -1.55. The smallest absolute Gasteiger partial charge is 0.422 e. The molecule has 0 saturated carbocycles. The first-order chi connectivity index (χ1) is 9.69. The van der Waals surface area contributed by atoms with Crippen LogP contribution in [-0.2, 0) is 4.79 Å². The van der Waals surface area contributed by atoms with Gasteiger partial charge in [-0.05, 0) is 6.07 Å². The van der Waals surface area contributed by atoms with E-state index < -0.39 is 24.7 Å². The fourth-order valence-electron chi connectivity index (χ4n) is 1.33. The van der Waals surface area contributed by atoms with Crippen LogP contribution < -0.4 is 4.74 Å². The lowest BCUT2D eigenvalue weighted by atomic mass is 10.3. The second-order valence-electron chi connectivity index (χ2n) is 4.14. The molecule has 0 aliphatic carbocycles. The van der Waals surface area contributed by atoms with Crippen molar-refractivity contribution >= 4 is 11.9 Å². The lowest BCUT2D eigenvalue weighted by Gasteiger charge is -2.16. The molecule has 6 nitrogen and oxygen atoms in total. The predicted molar refractivity (Wildman–Crippen MR) is 65.0 cm³/mol.